The van der Waals surface area contributed by atoms with Gasteiger partial charge in [-0.15, -0.1) is 0 Å². The summed E-state index contributed by atoms with van der Waals surface area (Å²) in [4.78, 5) is 12.6. The standard InChI is InChI=1S/C20H23NO2S/c1-20(2,12-15-6-4-3-5-7-15)19(22)21-16-8-10-17(11-9-16)23-18-13-24-14-18/h3-11,18H,12-14H2,1-2H3,(H,21,22). The molecule has 24 heavy (non-hydrogen) atoms. The van der Waals surface area contributed by atoms with Crippen molar-refractivity contribution in [2.75, 3.05) is 16.8 Å². The molecule has 0 unspecified atom stereocenters. The summed E-state index contributed by atoms with van der Waals surface area (Å²) in [6, 6.07) is 17.7. The Labute approximate surface area is 147 Å². The van der Waals surface area contributed by atoms with Crippen molar-refractivity contribution < 1.29 is 9.53 Å². The quantitative estimate of drug-likeness (QED) is 0.847. The molecule has 1 heterocycles. The van der Waals surface area contributed by atoms with Gasteiger partial charge in [-0.1, -0.05) is 44.2 Å². The minimum Gasteiger partial charge on any atom is -0.489 e. The van der Waals surface area contributed by atoms with Crippen LogP contribution in [-0.4, -0.2) is 23.5 Å². The van der Waals surface area contributed by atoms with E-state index in [0.717, 1.165) is 22.9 Å². The van der Waals surface area contributed by atoms with Crippen molar-refractivity contribution >= 4 is 23.4 Å². The Balaban J connectivity index is 1.58. The maximum Gasteiger partial charge on any atom is 0.230 e. The molecule has 1 saturated heterocycles. The molecule has 0 atom stereocenters. The van der Waals surface area contributed by atoms with E-state index in [0.29, 0.717) is 12.5 Å². The van der Waals surface area contributed by atoms with Crippen LogP contribution >= 0.6 is 11.8 Å². The second-order valence-electron chi connectivity index (χ2n) is 6.80. The molecule has 2 aromatic rings. The third-order valence-electron chi connectivity index (χ3n) is 4.13. The van der Waals surface area contributed by atoms with E-state index in [1.807, 2.05) is 68.1 Å². The van der Waals surface area contributed by atoms with E-state index in [1.165, 1.54) is 5.56 Å². The fourth-order valence-electron chi connectivity index (χ4n) is 2.58. The van der Waals surface area contributed by atoms with Crippen LogP contribution in [-0.2, 0) is 11.2 Å². The molecule has 1 fully saturated rings. The van der Waals surface area contributed by atoms with Gasteiger partial charge in [0.15, 0.2) is 0 Å². The van der Waals surface area contributed by atoms with E-state index < -0.39 is 5.41 Å². The number of carbonyl (C=O) groups is 1. The van der Waals surface area contributed by atoms with E-state index in [2.05, 4.69) is 17.4 Å². The van der Waals surface area contributed by atoms with Gasteiger partial charge in [0.05, 0.1) is 0 Å². The first-order valence-electron chi connectivity index (χ1n) is 8.23. The Morgan fingerprint density at radius 2 is 1.79 bits per heavy atom. The van der Waals surface area contributed by atoms with Crippen LogP contribution in [0.1, 0.15) is 19.4 Å². The predicted octanol–water partition coefficient (Wildman–Crippen LogP) is 4.39. The number of anilines is 1. The number of carbonyl (C=O) groups excluding carboxylic acids is 1. The number of hydrogen-bond donors (Lipinski definition) is 1. The van der Waals surface area contributed by atoms with Crippen LogP contribution in [0.3, 0.4) is 0 Å². The van der Waals surface area contributed by atoms with Crippen LogP contribution in [0.15, 0.2) is 54.6 Å². The smallest absolute Gasteiger partial charge is 0.230 e. The first-order valence-corrected chi connectivity index (χ1v) is 9.38. The lowest BCUT2D eigenvalue weighted by atomic mass is 9.84. The zero-order chi connectivity index (χ0) is 17.0. The summed E-state index contributed by atoms with van der Waals surface area (Å²) >= 11 is 1.90. The number of nitrogens with one attached hydrogen (secondary N) is 1. The van der Waals surface area contributed by atoms with Gasteiger partial charge in [0, 0.05) is 22.6 Å². The van der Waals surface area contributed by atoms with Gasteiger partial charge in [-0.05, 0) is 36.2 Å². The number of amides is 1. The highest BCUT2D eigenvalue weighted by Crippen LogP contribution is 2.27. The molecule has 1 N–H and O–H groups in total. The molecule has 0 aliphatic carbocycles. The first kappa shape index (κ1) is 16.9. The van der Waals surface area contributed by atoms with Crippen LogP contribution in [0.5, 0.6) is 5.75 Å². The Morgan fingerprint density at radius 1 is 1.12 bits per heavy atom. The molecule has 1 aliphatic rings. The van der Waals surface area contributed by atoms with Crippen molar-refractivity contribution in [2.24, 2.45) is 5.41 Å². The molecule has 126 valence electrons. The zero-order valence-corrected chi connectivity index (χ0v) is 14.9. The van der Waals surface area contributed by atoms with E-state index in [9.17, 15) is 4.79 Å². The van der Waals surface area contributed by atoms with Crippen LogP contribution < -0.4 is 10.1 Å². The number of rotatable bonds is 6. The Morgan fingerprint density at radius 3 is 2.38 bits per heavy atom. The lowest BCUT2D eigenvalue weighted by Crippen LogP contribution is -2.32. The van der Waals surface area contributed by atoms with Gasteiger partial charge in [-0.2, -0.15) is 11.8 Å². The summed E-state index contributed by atoms with van der Waals surface area (Å²) in [6.07, 6.45) is 1.04. The Hall–Kier alpha value is -1.94. The zero-order valence-electron chi connectivity index (χ0n) is 14.1. The molecular formula is C20H23NO2S. The summed E-state index contributed by atoms with van der Waals surface area (Å²) in [5.74, 6) is 3.01. The molecule has 4 heteroatoms. The highest BCUT2D eigenvalue weighted by molar-refractivity contribution is 8.00. The molecule has 1 aliphatic heterocycles. The maximum atomic E-state index is 12.6. The SMILES string of the molecule is CC(C)(Cc1ccccc1)C(=O)Nc1ccc(OC2CSC2)cc1. The Kier molecular flexibility index (Phi) is 5.14. The lowest BCUT2D eigenvalue weighted by Gasteiger charge is -2.26. The third kappa shape index (κ3) is 4.32. The molecular weight excluding hydrogens is 318 g/mol. The third-order valence-corrected chi connectivity index (χ3v) is 5.34. The molecule has 0 saturated carbocycles. The van der Waals surface area contributed by atoms with E-state index in [4.69, 9.17) is 4.74 Å². The van der Waals surface area contributed by atoms with E-state index in [1.54, 1.807) is 0 Å². The first-order chi connectivity index (χ1) is 11.5. The molecule has 0 aromatic heterocycles. The molecule has 0 bridgehead atoms. The number of benzene rings is 2. The minimum absolute atomic E-state index is 0.0235. The molecule has 0 radical (unpaired) electrons. The van der Waals surface area contributed by atoms with Gasteiger partial charge in [0.25, 0.3) is 0 Å². The van der Waals surface area contributed by atoms with E-state index in [-0.39, 0.29) is 5.91 Å². The molecule has 0 spiro atoms. The monoisotopic (exact) mass is 341 g/mol. The summed E-state index contributed by atoms with van der Waals surface area (Å²) in [5, 5.41) is 3.01. The van der Waals surface area contributed by atoms with Gasteiger partial charge < -0.3 is 10.1 Å². The minimum atomic E-state index is -0.473. The van der Waals surface area contributed by atoms with Crippen molar-refractivity contribution in [3.05, 3.63) is 60.2 Å². The van der Waals surface area contributed by atoms with Crippen LogP contribution in [0.4, 0.5) is 5.69 Å². The average Bonchev–Trinajstić information content (AvgIpc) is 2.53. The molecule has 1 amide bonds. The number of thioether (sulfide) groups is 1. The number of ether oxygens (including phenoxy) is 1. The van der Waals surface area contributed by atoms with Crippen LogP contribution in [0.2, 0.25) is 0 Å². The van der Waals surface area contributed by atoms with Gasteiger partial charge in [-0.3, -0.25) is 4.79 Å². The van der Waals surface area contributed by atoms with Gasteiger partial charge in [0.2, 0.25) is 5.91 Å². The molecule has 3 rings (SSSR count). The van der Waals surface area contributed by atoms with E-state index >= 15 is 0 Å². The van der Waals surface area contributed by atoms with Crippen molar-refractivity contribution in [2.45, 2.75) is 26.4 Å². The fourth-order valence-corrected chi connectivity index (χ4v) is 3.14. The summed E-state index contributed by atoms with van der Waals surface area (Å²) < 4.78 is 5.82. The van der Waals surface area contributed by atoms with Crippen molar-refractivity contribution in [3.63, 3.8) is 0 Å². The highest BCUT2D eigenvalue weighted by atomic mass is 32.2. The Bertz CT molecular complexity index is 679. The second-order valence-corrected chi connectivity index (χ2v) is 7.88. The largest absolute Gasteiger partial charge is 0.489 e. The fraction of sp³-hybridized carbons (Fsp3) is 0.350. The second kappa shape index (κ2) is 7.31. The lowest BCUT2D eigenvalue weighted by molar-refractivity contribution is -0.123. The van der Waals surface area contributed by atoms with Crippen molar-refractivity contribution in [3.8, 4) is 5.75 Å². The normalized spacial score (nSPS) is 14.8. The molecule has 3 nitrogen and oxygen atoms in total. The van der Waals surface area contributed by atoms with Crippen molar-refractivity contribution in [1.29, 1.82) is 0 Å². The predicted molar refractivity (Wildman–Crippen MR) is 101 cm³/mol. The van der Waals surface area contributed by atoms with Crippen molar-refractivity contribution in [1.82, 2.24) is 0 Å². The average molecular weight is 341 g/mol. The van der Waals surface area contributed by atoms with Gasteiger partial charge >= 0.3 is 0 Å². The van der Waals surface area contributed by atoms with Crippen LogP contribution in [0.25, 0.3) is 0 Å². The summed E-state index contributed by atoms with van der Waals surface area (Å²) in [6.45, 7) is 3.95. The van der Waals surface area contributed by atoms with Gasteiger partial charge in [0.1, 0.15) is 11.9 Å². The van der Waals surface area contributed by atoms with Gasteiger partial charge in [-0.25, -0.2) is 0 Å². The maximum absolute atomic E-state index is 12.6. The molecule has 2 aromatic carbocycles. The topological polar surface area (TPSA) is 38.3 Å². The highest BCUT2D eigenvalue weighted by Gasteiger charge is 2.28. The summed E-state index contributed by atoms with van der Waals surface area (Å²) in [5.41, 5.74) is 1.50. The van der Waals surface area contributed by atoms with Crippen LogP contribution in [0, 0.1) is 5.41 Å². The summed E-state index contributed by atoms with van der Waals surface area (Å²) in [7, 11) is 0. The number of hydrogen-bond acceptors (Lipinski definition) is 3.